The number of rotatable bonds is 3. The van der Waals surface area contributed by atoms with Crippen LogP contribution in [0.2, 0.25) is 0 Å². The number of nitrogen functional groups attached to an aromatic ring is 1. The summed E-state index contributed by atoms with van der Waals surface area (Å²) >= 11 is 0. The molecular weight excluding hydrogens is 266 g/mol. The van der Waals surface area contributed by atoms with Gasteiger partial charge in [-0.05, 0) is 49.9 Å². The van der Waals surface area contributed by atoms with Crippen LogP contribution >= 0.6 is 0 Å². The molecule has 0 unspecified atom stereocenters. The lowest BCUT2D eigenvalue weighted by Gasteiger charge is -2.15. The van der Waals surface area contributed by atoms with E-state index < -0.39 is 0 Å². The van der Waals surface area contributed by atoms with Gasteiger partial charge in [0.25, 0.3) is 0 Å². The Morgan fingerprint density at radius 3 is 2.52 bits per heavy atom. The van der Waals surface area contributed by atoms with Crippen LogP contribution in [0.4, 0.5) is 11.9 Å². The Kier molecular flexibility index (Phi) is 3.60. The fraction of sp³-hybridized carbons (Fsp3) is 0.400. The second kappa shape index (κ2) is 5.55. The largest absolute Gasteiger partial charge is 0.424 e. The molecule has 6 heteroatoms. The van der Waals surface area contributed by atoms with Crippen LogP contribution in [0.15, 0.2) is 18.2 Å². The Balaban J connectivity index is 1.85. The normalized spacial score (nSPS) is 14.5. The molecule has 1 saturated heterocycles. The maximum atomic E-state index is 5.77. The predicted molar refractivity (Wildman–Crippen MR) is 81.7 cm³/mol. The van der Waals surface area contributed by atoms with Gasteiger partial charge in [0.05, 0.1) is 0 Å². The lowest BCUT2D eigenvalue weighted by atomic mass is 10.1. The molecule has 0 saturated carbocycles. The molecule has 1 aromatic carbocycles. The van der Waals surface area contributed by atoms with E-state index in [2.05, 4.69) is 26.8 Å². The molecule has 3 rings (SSSR count). The highest BCUT2D eigenvalue weighted by Gasteiger charge is 2.17. The van der Waals surface area contributed by atoms with Gasteiger partial charge in [-0.3, -0.25) is 0 Å². The van der Waals surface area contributed by atoms with E-state index in [1.165, 1.54) is 5.56 Å². The molecule has 2 heterocycles. The van der Waals surface area contributed by atoms with Crippen molar-refractivity contribution in [2.24, 2.45) is 0 Å². The molecule has 2 N–H and O–H groups in total. The summed E-state index contributed by atoms with van der Waals surface area (Å²) < 4.78 is 5.73. The smallest absolute Gasteiger partial charge is 0.328 e. The molecule has 1 aliphatic heterocycles. The van der Waals surface area contributed by atoms with Gasteiger partial charge in [-0.1, -0.05) is 6.07 Å². The zero-order valence-corrected chi connectivity index (χ0v) is 12.3. The van der Waals surface area contributed by atoms with Crippen molar-refractivity contribution < 1.29 is 4.74 Å². The number of nitrogens with two attached hydrogens (primary N) is 1. The Labute approximate surface area is 124 Å². The first-order valence-corrected chi connectivity index (χ1v) is 7.13. The van der Waals surface area contributed by atoms with Gasteiger partial charge >= 0.3 is 6.01 Å². The summed E-state index contributed by atoms with van der Waals surface area (Å²) in [5.41, 5.74) is 8.15. The topological polar surface area (TPSA) is 77.2 Å². The fourth-order valence-corrected chi connectivity index (χ4v) is 2.35. The standard InChI is InChI=1S/C15H19N5O/c1-10-5-6-12(9-11(10)2)21-15-18-13(16)17-14(19-15)20-7-3-4-8-20/h5-6,9H,3-4,7-8H2,1-2H3,(H2,16,17,18,19). The van der Waals surface area contributed by atoms with Crippen LogP contribution in [-0.4, -0.2) is 28.0 Å². The Morgan fingerprint density at radius 2 is 1.81 bits per heavy atom. The van der Waals surface area contributed by atoms with E-state index in [4.69, 9.17) is 10.5 Å². The molecule has 0 bridgehead atoms. The molecule has 0 atom stereocenters. The molecular formula is C15H19N5O. The number of nitrogens with zero attached hydrogens (tertiary/aromatic N) is 4. The van der Waals surface area contributed by atoms with Crippen molar-refractivity contribution >= 4 is 11.9 Å². The average molecular weight is 285 g/mol. The van der Waals surface area contributed by atoms with E-state index in [0.717, 1.165) is 31.5 Å². The van der Waals surface area contributed by atoms with Crippen LogP contribution in [0.25, 0.3) is 0 Å². The van der Waals surface area contributed by atoms with Gasteiger partial charge in [0, 0.05) is 13.1 Å². The molecule has 21 heavy (non-hydrogen) atoms. The highest BCUT2D eigenvalue weighted by Crippen LogP contribution is 2.24. The van der Waals surface area contributed by atoms with E-state index in [1.54, 1.807) is 0 Å². The highest BCUT2D eigenvalue weighted by atomic mass is 16.5. The van der Waals surface area contributed by atoms with E-state index >= 15 is 0 Å². The van der Waals surface area contributed by atoms with Crippen molar-refractivity contribution in [3.05, 3.63) is 29.3 Å². The molecule has 110 valence electrons. The van der Waals surface area contributed by atoms with E-state index in [1.807, 2.05) is 25.1 Å². The quantitative estimate of drug-likeness (QED) is 0.933. The minimum atomic E-state index is 0.186. The minimum absolute atomic E-state index is 0.186. The second-order valence-electron chi connectivity index (χ2n) is 5.32. The summed E-state index contributed by atoms with van der Waals surface area (Å²) in [5.74, 6) is 1.49. The van der Waals surface area contributed by atoms with E-state index in [-0.39, 0.29) is 12.0 Å². The van der Waals surface area contributed by atoms with E-state index in [0.29, 0.717) is 11.7 Å². The SMILES string of the molecule is Cc1ccc(Oc2nc(N)nc(N3CCCC3)n2)cc1C. The second-order valence-corrected chi connectivity index (χ2v) is 5.32. The van der Waals surface area contributed by atoms with Crippen LogP contribution < -0.4 is 15.4 Å². The lowest BCUT2D eigenvalue weighted by molar-refractivity contribution is 0.440. The number of aromatic nitrogens is 3. The van der Waals surface area contributed by atoms with Crippen molar-refractivity contribution in [1.82, 2.24) is 15.0 Å². The Bertz CT molecular complexity index is 653. The first-order valence-electron chi connectivity index (χ1n) is 7.13. The van der Waals surface area contributed by atoms with Gasteiger partial charge < -0.3 is 15.4 Å². The first kappa shape index (κ1) is 13.6. The number of hydrogen-bond acceptors (Lipinski definition) is 6. The van der Waals surface area contributed by atoms with Gasteiger partial charge in [-0.25, -0.2) is 0 Å². The number of benzene rings is 1. The summed E-state index contributed by atoms with van der Waals surface area (Å²) in [7, 11) is 0. The molecule has 0 aliphatic carbocycles. The molecule has 1 fully saturated rings. The first-order chi connectivity index (χ1) is 10.1. The summed E-state index contributed by atoms with van der Waals surface area (Å²) in [6, 6.07) is 6.12. The van der Waals surface area contributed by atoms with Gasteiger partial charge in [0.2, 0.25) is 11.9 Å². The molecule has 2 aromatic rings. The molecule has 1 aromatic heterocycles. The van der Waals surface area contributed by atoms with Crippen LogP contribution in [0.5, 0.6) is 11.8 Å². The average Bonchev–Trinajstić information content (AvgIpc) is 2.96. The summed E-state index contributed by atoms with van der Waals surface area (Å²) in [4.78, 5) is 14.7. The van der Waals surface area contributed by atoms with Crippen molar-refractivity contribution in [3.8, 4) is 11.8 Å². The third kappa shape index (κ3) is 3.04. The fourth-order valence-electron chi connectivity index (χ4n) is 2.35. The van der Waals surface area contributed by atoms with Crippen molar-refractivity contribution in [3.63, 3.8) is 0 Å². The predicted octanol–water partition coefficient (Wildman–Crippen LogP) is 2.46. The van der Waals surface area contributed by atoms with Crippen LogP contribution in [-0.2, 0) is 0 Å². The zero-order valence-electron chi connectivity index (χ0n) is 12.3. The molecule has 0 spiro atoms. The number of ether oxygens (including phenoxy) is 1. The third-order valence-electron chi connectivity index (χ3n) is 3.70. The van der Waals surface area contributed by atoms with E-state index in [9.17, 15) is 0 Å². The van der Waals surface area contributed by atoms with Gasteiger partial charge in [-0.2, -0.15) is 15.0 Å². The molecule has 6 nitrogen and oxygen atoms in total. The van der Waals surface area contributed by atoms with Crippen molar-refractivity contribution in [1.29, 1.82) is 0 Å². The Hall–Kier alpha value is -2.37. The highest BCUT2D eigenvalue weighted by molar-refractivity contribution is 5.39. The lowest BCUT2D eigenvalue weighted by Crippen LogP contribution is -2.21. The van der Waals surface area contributed by atoms with Crippen LogP contribution in [0.3, 0.4) is 0 Å². The zero-order chi connectivity index (χ0) is 14.8. The maximum Gasteiger partial charge on any atom is 0.328 e. The summed E-state index contributed by atoms with van der Waals surface area (Å²) in [6.45, 7) is 6.00. The van der Waals surface area contributed by atoms with Crippen molar-refractivity contribution in [2.45, 2.75) is 26.7 Å². The molecule has 1 aliphatic rings. The maximum absolute atomic E-state index is 5.77. The number of hydrogen-bond donors (Lipinski definition) is 1. The van der Waals surface area contributed by atoms with Gasteiger partial charge in [0.1, 0.15) is 5.75 Å². The number of anilines is 2. The van der Waals surface area contributed by atoms with Crippen LogP contribution in [0.1, 0.15) is 24.0 Å². The molecule has 0 radical (unpaired) electrons. The monoisotopic (exact) mass is 285 g/mol. The third-order valence-corrected chi connectivity index (χ3v) is 3.70. The number of aryl methyl sites for hydroxylation is 2. The molecule has 0 amide bonds. The van der Waals surface area contributed by atoms with Gasteiger partial charge in [-0.15, -0.1) is 0 Å². The van der Waals surface area contributed by atoms with Crippen molar-refractivity contribution in [2.75, 3.05) is 23.7 Å². The van der Waals surface area contributed by atoms with Crippen LogP contribution in [0, 0.1) is 13.8 Å². The minimum Gasteiger partial charge on any atom is -0.424 e. The summed E-state index contributed by atoms with van der Waals surface area (Å²) in [6.07, 6.45) is 2.30. The Morgan fingerprint density at radius 1 is 1.05 bits per heavy atom. The van der Waals surface area contributed by atoms with Gasteiger partial charge in [0.15, 0.2) is 0 Å². The summed E-state index contributed by atoms with van der Waals surface area (Å²) in [5, 5.41) is 0.